The van der Waals surface area contributed by atoms with E-state index in [1.54, 1.807) is 0 Å². The summed E-state index contributed by atoms with van der Waals surface area (Å²) in [5.41, 5.74) is 3.53. The molecule has 0 atom stereocenters. The minimum Gasteiger partial charge on any atom is -0.329 e. The SMILES string of the molecule is Cc1ccnc2c1[nH]c(=S)n2CCC(C)(C)C. The summed E-state index contributed by atoms with van der Waals surface area (Å²) in [7, 11) is 0. The first-order chi connectivity index (χ1) is 7.88. The average Bonchev–Trinajstić information content (AvgIpc) is 2.52. The maximum absolute atomic E-state index is 5.37. The number of imidazole rings is 1. The van der Waals surface area contributed by atoms with Gasteiger partial charge in [-0.25, -0.2) is 4.98 Å². The monoisotopic (exact) mass is 249 g/mol. The van der Waals surface area contributed by atoms with Gasteiger partial charge in [0.1, 0.15) is 0 Å². The highest BCUT2D eigenvalue weighted by molar-refractivity contribution is 7.71. The van der Waals surface area contributed by atoms with E-state index in [1.807, 2.05) is 12.3 Å². The van der Waals surface area contributed by atoms with Crippen molar-refractivity contribution < 1.29 is 0 Å². The summed E-state index contributed by atoms with van der Waals surface area (Å²) in [6.07, 6.45) is 2.93. The van der Waals surface area contributed by atoms with Crippen LogP contribution >= 0.6 is 12.2 Å². The van der Waals surface area contributed by atoms with Gasteiger partial charge in [-0.1, -0.05) is 20.8 Å². The molecule has 0 spiro atoms. The molecular weight excluding hydrogens is 230 g/mol. The van der Waals surface area contributed by atoms with Crippen LogP contribution in [0.2, 0.25) is 0 Å². The largest absolute Gasteiger partial charge is 0.329 e. The Hall–Kier alpha value is -1.16. The molecule has 1 N–H and O–H groups in total. The first-order valence-electron chi connectivity index (χ1n) is 5.92. The Labute approximate surface area is 107 Å². The number of hydrogen-bond donors (Lipinski definition) is 1. The van der Waals surface area contributed by atoms with Gasteiger partial charge in [-0.15, -0.1) is 0 Å². The van der Waals surface area contributed by atoms with Crippen LogP contribution in [0.25, 0.3) is 11.2 Å². The molecule has 2 aromatic heterocycles. The molecule has 0 fully saturated rings. The standard InChI is InChI=1S/C13H19N3S/c1-9-5-7-14-11-10(9)15-12(17)16(11)8-6-13(2,3)4/h5,7H,6,8H2,1-4H3,(H,15,17). The van der Waals surface area contributed by atoms with E-state index in [2.05, 4.69) is 42.2 Å². The van der Waals surface area contributed by atoms with Crippen molar-refractivity contribution in [3.8, 4) is 0 Å². The fourth-order valence-electron chi connectivity index (χ4n) is 1.83. The predicted molar refractivity (Wildman–Crippen MR) is 73.7 cm³/mol. The van der Waals surface area contributed by atoms with Gasteiger partial charge in [0.25, 0.3) is 0 Å². The van der Waals surface area contributed by atoms with Crippen LogP contribution in [-0.4, -0.2) is 14.5 Å². The van der Waals surface area contributed by atoms with Gasteiger partial charge in [0.2, 0.25) is 0 Å². The fraction of sp³-hybridized carbons (Fsp3) is 0.538. The third kappa shape index (κ3) is 2.57. The van der Waals surface area contributed by atoms with Crippen LogP contribution in [0.5, 0.6) is 0 Å². The van der Waals surface area contributed by atoms with E-state index in [1.165, 1.54) is 5.56 Å². The van der Waals surface area contributed by atoms with Gasteiger partial charge in [-0.2, -0.15) is 0 Å². The van der Waals surface area contributed by atoms with Crippen molar-refractivity contribution in [3.05, 3.63) is 22.6 Å². The summed E-state index contributed by atoms with van der Waals surface area (Å²) < 4.78 is 2.87. The second-order valence-corrected chi connectivity index (χ2v) is 6.11. The highest BCUT2D eigenvalue weighted by Gasteiger charge is 2.13. The summed E-state index contributed by atoms with van der Waals surface area (Å²) in [6.45, 7) is 9.71. The number of nitrogens with one attached hydrogen (secondary N) is 1. The molecule has 2 heterocycles. The molecule has 0 saturated heterocycles. The average molecular weight is 249 g/mol. The van der Waals surface area contributed by atoms with Crippen LogP contribution in [0.1, 0.15) is 32.8 Å². The molecule has 17 heavy (non-hydrogen) atoms. The molecule has 0 aromatic carbocycles. The van der Waals surface area contributed by atoms with Crippen molar-refractivity contribution in [1.82, 2.24) is 14.5 Å². The Morgan fingerprint density at radius 1 is 1.41 bits per heavy atom. The summed E-state index contributed by atoms with van der Waals surface area (Å²) in [5, 5.41) is 0. The minimum absolute atomic E-state index is 0.308. The molecule has 2 aromatic rings. The number of H-pyrrole nitrogens is 1. The molecule has 0 amide bonds. The predicted octanol–water partition coefficient (Wildman–Crippen LogP) is 3.84. The lowest BCUT2D eigenvalue weighted by molar-refractivity contribution is 0.351. The number of fused-ring (bicyclic) bond motifs is 1. The molecule has 0 aliphatic carbocycles. The number of hydrogen-bond acceptors (Lipinski definition) is 2. The van der Waals surface area contributed by atoms with Crippen LogP contribution < -0.4 is 0 Å². The number of aromatic amines is 1. The van der Waals surface area contributed by atoms with Gasteiger partial charge in [0.15, 0.2) is 10.4 Å². The number of nitrogens with zero attached hydrogens (tertiary/aromatic N) is 2. The molecule has 0 unspecified atom stereocenters. The molecule has 2 rings (SSSR count). The first-order valence-corrected chi connectivity index (χ1v) is 6.33. The third-order valence-corrected chi connectivity index (χ3v) is 3.28. The van der Waals surface area contributed by atoms with Gasteiger partial charge in [-0.3, -0.25) is 0 Å². The molecule has 0 radical (unpaired) electrons. The maximum atomic E-state index is 5.37. The van der Waals surface area contributed by atoms with Crippen LogP contribution in [-0.2, 0) is 6.54 Å². The molecule has 0 aliphatic heterocycles. The molecule has 0 aliphatic rings. The lowest BCUT2D eigenvalue weighted by Crippen LogP contribution is -2.10. The Balaban J connectivity index is 2.44. The van der Waals surface area contributed by atoms with Gasteiger partial charge >= 0.3 is 0 Å². The Bertz CT molecular complexity index is 587. The number of rotatable bonds is 2. The van der Waals surface area contributed by atoms with Gasteiger partial charge < -0.3 is 9.55 Å². The lowest BCUT2D eigenvalue weighted by Gasteiger charge is -2.18. The van der Waals surface area contributed by atoms with Crippen molar-refractivity contribution in [1.29, 1.82) is 0 Å². The first kappa shape index (κ1) is 12.3. The van der Waals surface area contributed by atoms with Crippen LogP contribution in [0.15, 0.2) is 12.3 Å². The second-order valence-electron chi connectivity index (χ2n) is 5.72. The molecule has 4 heteroatoms. The zero-order valence-corrected chi connectivity index (χ0v) is 11.7. The second kappa shape index (κ2) is 4.26. The summed E-state index contributed by atoms with van der Waals surface area (Å²) in [5.74, 6) is 0. The zero-order valence-electron chi connectivity index (χ0n) is 10.9. The van der Waals surface area contributed by atoms with Crippen molar-refractivity contribution >= 4 is 23.4 Å². The van der Waals surface area contributed by atoms with Crippen LogP contribution in [0.3, 0.4) is 0 Å². The number of aromatic nitrogens is 3. The van der Waals surface area contributed by atoms with Crippen molar-refractivity contribution in [2.24, 2.45) is 5.41 Å². The normalized spacial score (nSPS) is 12.2. The molecule has 0 bridgehead atoms. The van der Waals surface area contributed by atoms with Crippen molar-refractivity contribution in [2.45, 2.75) is 40.7 Å². The third-order valence-electron chi connectivity index (χ3n) is 2.96. The smallest absolute Gasteiger partial charge is 0.179 e. The van der Waals surface area contributed by atoms with E-state index in [4.69, 9.17) is 12.2 Å². The Kier molecular flexibility index (Phi) is 3.08. The minimum atomic E-state index is 0.308. The highest BCUT2D eigenvalue weighted by atomic mass is 32.1. The Morgan fingerprint density at radius 2 is 2.12 bits per heavy atom. The van der Waals surface area contributed by atoms with Gasteiger partial charge in [0, 0.05) is 12.7 Å². The molecular formula is C13H19N3S. The maximum Gasteiger partial charge on any atom is 0.179 e. The number of pyridine rings is 1. The van der Waals surface area contributed by atoms with Crippen molar-refractivity contribution in [2.75, 3.05) is 0 Å². The van der Waals surface area contributed by atoms with E-state index in [0.717, 1.165) is 28.9 Å². The zero-order chi connectivity index (χ0) is 12.6. The lowest BCUT2D eigenvalue weighted by atomic mass is 9.92. The molecule has 0 saturated carbocycles. The van der Waals surface area contributed by atoms with Crippen molar-refractivity contribution in [3.63, 3.8) is 0 Å². The van der Waals surface area contributed by atoms with E-state index >= 15 is 0 Å². The highest BCUT2D eigenvalue weighted by Crippen LogP contribution is 2.22. The molecule has 92 valence electrons. The van der Waals surface area contributed by atoms with E-state index in [-0.39, 0.29) is 0 Å². The van der Waals surface area contributed by atoms with Crippen LogP contribution in [0.4, 0.5) is 0 Å². The fourth-order valence-corrected chi connectivity index (χ4v) is 2.11. The Morgan fingerprint density at radius 3 is 2.76 bits per heavy atom. The summed E-state index contributed by atoms with van der Waals surface area (Å²) in [4.78, 5) is 7.68. The van der Waals surface area contributed by atoms with Gasteiger partial charge in [-0.05, 0) is 42.6 Å². The number of aryl methyl sites for hydroxylation is 2. The van der Waals surface area contributed by atoms with E-state index in [9.17, 15) is 0 Å². The topological polar surface area (TPSA) is 33.6 Å². The summed E-state index contributed by atoms with van der Waals surface area (Å²) in [6, 6.07) is 2.00. The van der Waals surface area contributed by atoms with Crippen LogP contribution in [0, 0.1) is 17.1 Å². The summed E-state index contributed by atoms with van der Waals surface area (Å²) >= 11 is 5.37. The van der Waals surface area contributed by atoms with E-state index < -0.39 is 0 Å². The molecule has 3 nitrogen and oxygen atoms in total. The quantitative estimate of drug-likeness (QED) is 0.820. The van der Waals surface area contributed by atoms with E-state index in [0.29, 0.717) is 5.41 Å². The van der Waals surface area contributed by atoms with Gasteiger partial charge in [0.05, 0.1) is 5.52 Å².